The molecule has 2 heterocycles. The number of amidine groups is 2. The topological polar surface area (TPSA) is 108 Å². The molecule has 9 heteroatoms. The number of likely N-dealkylation sites (tertiary alicyclic amines) is 2. The number of hydrogen-bond acceptors (Lipinski definition) is 7. The highest BCUT2D eigenvalue weighted by molar-refractivity contribution is 6.48. The van der Waals surface area contributed by atoms with Gasteiger partial charge in [0.05, 0.1) is 13.1 Å². The maximum Gasteiger partial charge on any atom is 0.194 e. The van der Waals surface area contributed by atoms with Gasteiger partial charge < -0.3 is 25.5 Å². The zero-order valence-corrected chi connectivity index (χ0v) is 28.0. The smallest absolute Gasteiger partial charge is 0.194 e. The van der Waals surface area contributed by atoms with Gasteiger partial charge in [0.2, 0.25) is 0 Å². The molecule has 2 aliphatic rings. The zero-order valence-electron chi connectivity index (χ0n) is 28.0. The van der Waals surface area contributed by atoms with Crippen LogP contribution in [0.4, 0.5) is 0 Å². The SMILES string of the molecule is O/N=C(/C(=NCCNCCN=C(/C(=N\O)N1CCCC1)c1ccc(-c2ccccc2)cc1)c1ccc(-c2ccccc2)cc1)N1CCCC1. The summed E-state index contributed by atoms with van der Waals surface area (Å²) in [5, 5.41) is 31.1. The molecule has 0 bridgehead atoms. The van der Waals surface area contributed by atoms with Crippen molar-refractivity contribution in [2.45, 2.75) is 25.7 Å². The molecule has 2 fully saturated rings. The van der Waals surface area contributed by atoms with E-state index in [1.54, 1.807) is 0 Å². The second-order valence-electron chi connectivity index (χ2n) is 12.3. The van der Waals surface area contributed by atoms with Gasteiger partial charge in [0, 0.05) is 50.4 Å². The van der Waals surface area contributed by atoms with Crippen LogP contribution in [0.3, 0.4) is 0 Å². The number of hydrogen-bond donors (Lipinski definition) is 3. The average Bonchev–Trinajstić information content (AvgIpc) is 3.91. The lowest BCUT2D eigenvalue weighted by molar-refractivity contribution is 0.308. The molecule has 0 spiro atoms. The van der Waals surface area contributed by atoms with Gasteiger partial charge in [-0.2, -0.15) is 0 Å². The van der Waals surface area contributed by atoms with E-state index in [0.717, 1.165) is 85.2 Å². The minimum Gasteiger partial charge on any atom is -0.409 e. The summed E-state index contributed by atoms with van der Waals surface area (Å²) in [6.45, 7) is 5.70. The highest BCUT2D eigenvalue weighted by atomic mass is 16.4. The number of nitrogens with zero attached hydrogens (tertiary/aromatic N) is 6. The second-order valence-corrected chi connectivity index (χ2v) is 12.3. The summed E-state index contributed by atoms with van der Waals surface area (Å²) in [5.74, 6) is 1.05. The molecule has 0 aromatic heterocycles. The number of aliphatic imine (C=N–C) groups is 2. The monoisotopic (exact) mass is 655 g/mol. The van der Waals surface area contributed by atoms with Crippen molar-refractivity contribution < 1.29 is 10.4 Å². The van der Waals surface area contributed by atoms with E-state index in [4.69, 9.17) is 9.98 Å². The van der Waals surface area contributed by atoms with Crippen LogP contribution < -0.4 is 5.32 Å². The number of benzene rings is 4. The summed E-state index contributed by atoms with van der Waals surface area (Å²) in [6, 6.07) is 37.1. The Hall–Kier alpha value is -5.28. The molecule has 9 nitrogen and oxygen atoms in total. The van der Waals surface area contributed by atoms with Crippen LogP contribution in [0.1, 0.15) is 36.8 Å². The first-order valence-electron chi connectivity index (χ1n) is 17.3. The van der Waals surface area contributed by atoms with Gasteiger partial charge in [-0.15, -0.1) is 0 Å². The van der Waals surface area contributed by atoms with Crippen molar-refractivity contribution in [3.63, 3.8) is 0 Å². The fraction of sp³-hybridized carbons (Fsp3) is 0.300. The van der Waals surface area contributed by atoms with E-state index in [1.807, 2.05) is 36.4 Å². The average molecular weight is 656 g/mol. The molecular formula is C40H45N7O2. The molecule has 2 aliphatic heterocycles. The van der Waals surface area contributed by atoms with Crippen LogP contribution in [0.2, 0.25) is 0 Å². The summed E-state index contributed by atoms with van der Waals surface area (Å²) in [4.78, 5) is 14.1. The summed E-state index contributed by atoms with van der Waals surface area (Å²) in [6.07, 6.45) is 4.28. The Bertz CT molecular complexity index is 1610. The van der Waals surface area contributed by atoms with Gasteiger partial charge in [-0.3, -0.25) is 9.98 Å². The minimum absolute atomic E-state index is 0.511. The Morgan fingerprint density at radius 3 is 1.18 bits per heavy atom. The lowest BCUT2D eigenvalue weighted by Crippen LogP contribution is -2.36. The standard InChI is InChI=1S/C40H45N7O2/c48-44-39(46-27-7-8-28-46)37(35-19-15-33(16-20-35)31-11-3-1-4-12-31)42-25-23-41-24-26-43-38(40(45-49)47-29-9-10-30-47)36-21-17-34(18-22-36)32-13-5-2-6-14-32/h1-6,11-22,41,48-49H,7-10,23-30H2/b42-37?,43-38?,44-39-,45-40+. The predicted molar refractivity (Wildman–Crippen MR) is 199 cm³/mol. The van der Waals surface area contributed by atoms with Crippen molar-refractivity contribution in [3.8, 4) is 22.3 Å². The van der Waals surface area contributed by atoms with Crippen LogP contribution >= 0.6 is 0 Å². The summed E-state index contributed by atoms with van der Waals surface area (Å²) < 4.78 is 0. The molecule has 252 valence electrons. The maximum atomic E-state index is 10.1. The molecule has 6 rings (SSSR count). The Kier molecular flexibility index (Phi) is 11.8. The number of rotatable bonds is 12. The van der Waals surface area contributed by atoms with Crippen LogP contribution in [0.25, 0.3) is 22.3 Å². The highest BCUT2D eigenvalue weighted by Crippen LogP contribution is 2.22. The third-order valence-corrected chi connectivity index (χ3v) is 9.07. The summed E-state index contributed by atoms with van der Waals surface area (Å²) in [7, 11) is 0. The quantitative estimate of drug-likeness (QED) is 0.0521. The van der Waals surface area contributed by atoms with E-state index in [9.17, 15) is 10.4 Å². The van der Waals surface area contributed by atoms with Crippen LogP contribution in [0.5, 0.6) is 0 Å². The predicted octanol–water partition coefficient (Wildman–Crippen LogP) is 6.66. The molecule has 49 heavy (non-hydrogen) atoms. The van der Waals surface area contributed by atoms with E-state index >= 15 is 0 Å². The Morgan fingerprint density at radius 2 is 0.837 bits per heavy atom. The van der Waals surface area contributed by atoms with Crippen molar-refractivity contribution >= 4 is 23.1 Å². The third kappa shape index (κ3) is 8.61. The Balaban J connectivity index is 1.13. The molecule has 2 saturated heterocycles. The van der Waals surface area contributed by atoms with E-state index in [1.165, 1.54) is 0 Å². The van der Waals surface area contributed by atoms with Crippen molar-refractivity contribution in [2.24, 2.45) is 20.3 Å². The van der Waals surface area contributed by atoms with Gasteiger partial charge in [0.25, 0.3) is 0 Å². The minimum atomic E-state index is 0.511. The Morgan fingerprint density at radius 1 is 0.490 bits per heavy atom. The van der Waals surface area contributed by atoms with Crippen LogP contribution in [-0.4, -0.2) is 95.7 Å². The summed E-state index contributed by atoms with van der Waals surface area (Å²) >= 11 is 0. The van der Waals surface area contributed by atoms with E-state index in [0.29, 0.717) is 49.3 Å². The fourth-order valence-corrected chi connectivity index (χ4v) is 6.48. The molecule has 4 aromatic carbocycles. The molecule has 0 radical (unpaired) electrons. The van der Waals surface area contributed by atoms with Gasteiger partial charge in [-0.05, 0) is 47.9 Å². The van der Waals surface area contributed by atoms with E-state index in [-0.39, 0.29) is 0 Å². The number of oxime groups is 2. The molecule has 0 saturated carbocycles. The third-order valence-electron chi connectivity index (χ3n) is 9.07. The molecule has 3 N–H and O–H groups in total. The van der Waals surface area contributed by atoms with Gasteiger partial charge in [0.15, 0.2) is 11.7 Å². The molecule has 0 amide bonds. The molecule has 0 atom stereocenters. The van der Waals surface area contributed by atoms with E-state index < -0.39 is 0 Å². The number of nitrogens with one attached hydrogen (secondary N) is 1. The molecule has 4 aromatic rings. The first-order chi connectivity index (χ1) is 24.2. The fourth-order valence-electron chi connectivity index (χ4n) is 6.48. The Labute approximate surface area is 289 Å². The van der Waals surface area contributed by atoms with Crippen molar-refractivity contribution in [2.75, 3.05) is 52.4 Å². The highest BCUT2D eigenvalue weighted by Gasteiger charge is 2.24. The molecule has 0 unspecified atom stereocenters. The summed E-state index contributed by atoms with van der Waals surface area (Å²) in [5.41, 5.74) is 7.79. The lowest BCUT2D eigenvalue weighted by Gasteiger charge is -2.20. The maximum absolute atomic E-state index is 10.1. The van der Waals surface area contributed by atoms with Crippen LogP contribution in [-0.2, 0) is 0 Å². The first-order valence-corrected chi connectivity index (χ1v) is 17.3. The van der Waals surface area contributed by atoms with Gasteiger partial charge >= 0.3 is 0 Å². The zero-order chi connectivity index (χ0) is 33.7. The van der Waals surface area contributed by atoms with Crippen molar-refractivity contribution in [1.29, 1.82) is 0 Å². The molecule has 0 aliphatic carbocycles. The van der Waals surface area contributed by atoms with Gasteiger partial charge in [0.1, 0.15) is 11.4 Å². The van der Waals surface area contributed by atoms with E-state index in [2.05, 4.69) is 98.2 Å². The van der Waals surface area contributed by atoms with Crippen LogP contribution in [0.15, 0.2) is 129 Å². The van der Waals surface area contributed by atoms with Crippen molar-refractivity contribution in [3.05, 3.63) is 120 Å². The molecular weight excluding hydrogens is 610 g/mol. The van der Waals surface area contributed by atoms with Crippen molar-refractivity contribution in [1.82, 2.24) is 15.1 Å². The largest absolute Gasteiger partial charge is 0.409 e. The second kappa shape index (κ2) is 17.2. The lowest BCUT2D eigenvalue weighted by atomic mass is 10.0. The normalized spacial score (nSPS) is 16.1. The van der Waals surface area contributed by atoms with Crippen LogP contribution in [0, 0.1) is 0 Å². The van der Waals surface area contributed by atoms with Gasteiger partial charge in [-0.1, -0.05) is 120 Å². The van der Waals surface area contributed by atoms with Gasteiger partial charge in [-0.25, -0.2) is 0 Å². The first kappa shape index (κ1) is 33.6.